The first-order valence-corrected chi connectivity index (χ1v) is 6.19. The number of fused-ring (bicyclic) bond motifs is 1. The van der Waals surface area contributed by atoms with Crippen LogP contribution in [0.2, 0.25) is 0 Å². The molecule has 0 aliphatic heterocycles. The molecule has 3 aromatic rings. The Hall–Kier alpha value is -2.89. The van der Waals surface area contributed by atoms with Gasteiger partial charge in [0.25, 0.3) is 5.91 Å². The van der Waals surface area contributed by atoms with E-state index in [-0.39, 0.29) is 11.4 Å². The van der Waals surface area contributed by atoms with Crippen LogP contribution in [0.15, 0.2) is 47.0 Å². The molecule has 1 N–H and O–H groups in total. The number of rotatable bonds is 3. The van der Waals surface area contributed by atoms with Gasteiger partial charge < -0.3 is 14.6 Å². The molecule has 0 saturated heterocycles. The highest BCUT2D eigenvalue weighted by Gasteiger charge is 2.17. The van der Waals surface area contributed by atoms with Gasteiger partial charge in [0.05, 0.1) is 18.1 Å². The maximum atomic E-state index is 13.5. The predicted octanol–water partition coefficient (Wildman–Crippen LogP) is 3.23. The molecule has 21 heavy (non-hydrogen) atoms. The third-order valence-corrected chi connectivity index (χ3v) is 3.03. The normalized spacial score (nSPS) is 10.6. The number of para-hydroxylation sites is 2. The Morgan fingerprint density at radius 1 is 1.24 bits per heavy atom. The lowest BCUT2D eigenvalue weighted by molar-refractivity contribution is 0.102. The van der Waals surface area contributed by atoms with Crippen molar-refractivity contribution in [2.75, 3.05) is 12.4 Å². The molecule has 1 heterocycles. The monoisotopic (exact) mass is 286 g/mol. The zero-order chi connectivity index (χ0) is 14.8. The van der Waals surface area contributed by atoms with E-state index in [1.807, 2.05) is 0 Å². The van der Waals surface area contributed by atoms with Gasteiger partial charge in [-0.05, 0) is 24.3 Å². The number of nitrogens with zero attached hydrogens (tertiary/aromatic N) is 1. The van der Waals surface area contributed by atoms with Crippen LogP contribution in [0, 0.1) is 5.82 Å². The molecule has 0 saturated carbocycles. The van der Waals surface area contributed by atoms with Crippen molar-refractivity contribution in [3.8, 4) is 5.75 Å². The molecule has 1 aromatic heterocycles. The van der Waals surface area contributed by atoms with Crippen LogP contribution in [0.4, 0.5) is 10.2 Å². The summed E-state index contributed by atoms with van der Waals surface area (Å²) in [5.41, 5.74) is 0.361. The SMILES string of the molecule is COc1ccccc1C(=O)Nc1noc2c(F)cccc12. The van der Waals surface area contributed by atoms with Crippen LogP contribution in [-0.2, 0) is 0 Å². The molecule has 0 radical (unpaired) electrons. The van der Waals surface area contributed by atoms with Crippen molar-refractivity contribution in [2.45, 2.75) is 0 Å². The van der Waals surface area contributed by atoms with Crippen molar-refractivity contribution in [1.29, 1.82) is 0 Å². The van der Waals surface area contributed by atoms with Crippen molar-refractivity contribution in [3.63, 3.8) is 0 Å². The average Bonchev–Trinajstić information content (AvgIpc) is 2.92. The molecule has 3 rings (SSSR count). The maximum Gasteiger partial charge on any atom is 0.260 e. The van der Waals surface area contributed by atoms with E-state index in [0.717, 1.165) is 0 Å². The van der Waals surface area contributed by atoms with Gasteiger partial charge in [0, 0.05) is 0 Å². The molecular weight excluding hydrogens is 275 g/mol. The van der Waals surface area contributed by atoms with Crippen LogP contribution >= 0.6 is 0 Å². The summed E-state index contributed by atoms with van der Waals surface area (Å²) in [6.07, 6.45) is 0. The Kier molecular flexibility index (Phi) is 3.27. The number of carbonyl (C=O) groups is 1. The van der Waals surface area contributed by atoms with E-state index in [1.54, 1.807) is 30.3 Å². The number of benzene rings is 2. The Labute approximate surface area is 119 Å². The summed E-state index contributed by atoms with van der Waals surface area (Å²) in [7, 11) is 1.48. The van der Waals surface area contributed by atoms with E-state index in [4.69, 9.17) is 9.26 Å². The summed E-state index contributed by atoms with van der Waals surface area (Å²) < 4.78 is 23.5. The lowest BCUT2D eigenvalue weighted by Crippen LogP contribution is -2.13. The van der Waals surface area contributed by atoms with Crippen molar-refractivity contribution >= 4 is 22.7 Å². The minimum atomic E-state index is -0.530. The molecule has 0 aliphatic carbocycles. The second-order valence-electron chi connectivity index (χ2n) is 4.30. The molecule has 6 heteroatoms. The van der Waals surface area contributed by atoms with Crippen LogP contribution < -0.4 is 10.1 Å². The molecule has 1 amide bonds. The fourth-order valence-corrected chi connectivity index (χ4v) is 2.03. The Morgan fingerprint density at radius 2 is 2.05 bits per heavy atom. The molecule has 5 nitrogen and oxygen atoms in total. The van der Waals surface area contributed by atoms with Gasteiger partial charge in [-0.15, -0.1) is 0 Å². The lowest BCUT2D eigenvalue weighted by atomic mass is 10.2. The number of amides is 1. The maximum absolute atomic E-state index is 13.5. The zero-order valence-electron chi connectivity index (χ0n) is 11.1. The van der Waals surface area contributed by atoms with Crippen molar-refractivity contribution in [3.05, 3.63) is 53.8 Å². The van der Waals surface area contributed by atoms with E-state index in [2.05, 4.69) is 10.5 Å². The van der Waals surface area contributed by atoms with E-state index < -0.39 is 11.7 Å². The van der Waals surface area contributed by atoms with Gasteiger partial charge in [-0.25, -0.2) is 4.39 Å². The Morgan fingerprint density at radius 3 is 2.86 bits per heavy atom. The molecule has 0 atom stereocenters. The van der Waals surface area contributed by atoms with E-state index >= 15 is 0 Å². The minimum Gasteiger partial charge on any atom is -0.496 e. The van der Waals surface area contributed by atoms with Gasteiger partial charge >= 0.3 is 0 Å². The molecule has 0 aliphatic rings. The molecule has 0 fully saturated rings. The number of methoxy groups -OCH3 is 1. The first-order chi connectivity index (χ1) is 10.2. The molecular formula is C15H11FN2O3. The molecule has 0 unspecified atom stereocenters. The first kappa shape index (κ1) is 13.1. The van der Waals surface area contributed by atoms with Gasteiger partial charge in [-0.2, -0.15) is 0 Å². The topological polar surface area (TPSA) is 64.4 Å². The van der Waals surface area contributed by atoms with Gasteiger partial charge in [0.1, 0.15) is 5.75 Å². The van der Waals surface area contributed by atoms with Crippen LogP contribution in [0.25, 0.3) is 11.0 Å². The van der Waals surface area contributed by atoms with Gasteiger partial charge in [-0.1, -0.05) is 23.4 Å². The van der Waals surface area contributed by atoms with Gasteiger partial charge in [0.2, 0.25) is 5.58 Å². The lowest BCUT2D eigenvalue weighted by Gasteiger charge is -2.07. The standard InChI is InChI=1S/C15H11FN2O3/c1-20-12-8-3-2-5-9(12)15(19)17-14-10-6-4-7-11(16)13(10)21-18-14/h2-8H,1H3,(H,17,18,19). The van der Waals surface area contributed by atoms with Crippen molar-refractivity contribution in [1.82, 2.24) is 5.16 Å². The van der Waals surface area contributed by atoms with E-state index in [9.17, 15) is 9.18 Å². The Balaban J connectivity index is 1.95. The number of hydrogen-bond donors (Lipinski definition) is 1. The largest absolute Gasteiger partial charge is 0.496 e. The smallest absolute Gasteiger partial charge is 0.260 e. The van der Waals surface area contributed by atoms with Crippen molar-refractivity contribution < 1.29 is 18.4 Å². The summed E-state index contributed by atoms with van der Waals surface area (Å²) in [5.74, 6) is -0.334. The fourth-order valence-electron chi connectivity index (χ4n) is 2.03. The van der Waals surface area contributed by atoms with Crippen LogP contribution in [0.1, 0.15) is 10.4 Å². The number of hydrogen-bond acceptors (Lipinski definition) is 4. The number of carbonyl (C=O) groups excluding carboxylic acids is 1. The number of halogens is 1. The molecule has 0 bridgehead atoms. The molecule has 106 valence electrons. The van der Waals surface area contributed by atoms with Crippen LogP contribution in [0.5, 0.6) is 5.75 Å². The number of ether oxygens (including phenoxy) is 1. The van der Waals surface area contributed by atoms with Crippen molar-refractivity contribution in [2.24, 2.45) is 0 Å². The number of aromatic nitrogens is 1. The molecule has 0 spiro atoms. The fraction of sp³-hybridized carbons (Fsp3) is 0.0667. The van der Waals surface area contributed by atoms with E-state index in [1.165, 1.54) is 19.2 Å². The zero-order valence-corrected chi connectivity index (χ0v) is 11.1. The number of nitrogens with one attached hydrogen (secondary N) is 1. The highest BCUT2D eigenvalue weighted by Crippen LogP contribution is 2.26. The second kappa shape index (κ2) is 5.24. The highest BCUT2D eigenvalue weighted by atomic mass is 19.1. The highest BCUT2D eigenvalue weighted by molar-refractivity contribution is 6.09. The summed E-state index contributed by atoms with van der Waals surface area (Å²) in [5, 5.41) is 6.68. The quantitative estimate of drug-likeness (QED) is 0.802. The summed E-state index contributed by atoms with van der Waals surface area (Å²) in [6.45, 7) is 0. The third kappa shape index (κ3) is 2.31. The minimum absolute atomic E-state index is 0.00725. The van der Waals surface area contributed by atoms with Crippen LogP contribution in [0.3, 0.4) is 0 Å². The third-order valence-electron chi connectivity index (χ3n) is 3.03. The summed E-state index contributed by atoms with van der Waals surface area (Å²) >= 11 is 0. The van der Waals surface area contributed by atoms with Gasteiger partial charge in [-0.3, -0.25) is 4.79 Å². The van der Waals surface area contributed by atoms with E-state index in [0.29, 0.717) is 16.7 Å². The second-order valence-corrected chi connectivity index (χ2v) is 4.30. The average molecular weight is 286 g/mol. The van der Waals surface area contributed by atoms with Crippen LogP contribution in [-0.4, -0.2) is 18.2 Å². The Bertz CT molecular complexity index is 814. The number of anilines is 1. The summed E-state index contributed by atoms with van der Waals surface area (Å²) in [6, 6.07) is 11.2. The summed E-state index contributed by atoms with van der Waals surface area (Å²) in [4.78, 5) is 12.3. The predicted molar refractivity (Wildman–Crippen MR) is 74.9 cm³/mol. The first-order valence-electron chi connectivity index (χ1n) is 6.19. The molecule has 2 aromatic carbocycles. The van der Waals surface area contributed by atoms with Gasteiger partial charge in [0.15, 0.2) is 11.6 Å².